The lowest BCUT2D eigenvalue weighted by Gasteiger charge is -2.27. The molecule has 0 atom stereocenters. The Morgan fingerprint density at radius 1 is 0.345 bits per heavy atom. The van der Waals surface area contributed by atoms with E-state index in [1.807, 2.05) is 29.5 Å². The minimum Gasteiger partial charge on any atom is -0.455 e. The quantitative estimate of drug-likeness (QED) is 0.169. The van der Waals surface area contributed by atoms with Gasteiger partial charge in [0.25, 0.3) is 0 Å². The fourth-order valence-corrected chi connectivity index (χ4v) is 10.1. The van der Waals surface area contributed by atoms with E-state index in [0.29, 0.717) is 0 Å². The molecule has 0 bridgehead atoms. The molecule has 0 N–H and O–H groups in total. The molecule has 0 fully saturated rings. The smallest absolute Gasteiger partial charge is 0.143 e. The molecule has 0 unspecified atom stereocenters. The minimum absolute atomic E-state index is 0.902. The largest absolute Gasteiger partial charge is 0.455 e. The van der Waals surface area contributed by atoms with Gasteiger partial charge in [0, 0.05) is 69.8 Å². The molecule has 0 radical (unpaired) electrons. The maximum absolute atomic E-state index is 6.58. The van der Waals surface area contributed by atoms with Gasteiger partial charge in [-0.05, 0) is 65.2 Å². The van der Waals surface area contributed by atoms with Gasteiger partial charge in [0.15, 0.2) is 0 Å². The van der Waals surface area contributed by atoms with Gasteiger partial charge >= 0.3 is 0 Å². The minimum atomic E-state index is 0.902. The molecule has 0 saturated carbocycles. The second kappa shape index (κ2) is 13.1. The Balaban J connectivity index is 1.05. The van der Waals surface area contributed by atoms with Crippen LogP contribution in [-0.4, -0.2) is 0 Å². The molecule has 0 amide bonds. The van der Waals surface area contributed by atoms with E-state index >= 15 is 0 Å². The van der Waals surface area contributed by atoms with Crippen LogP contribution in [0.1, 0.15) is 0 Å². The first kappa shape index (κ1) is 32.8. The second-order valence-electron chi connectivity index (χ2n) is 14.8. The van der Waals surface area contributed by atoms with E-state index in [0.717, 1.165) is 83.2 Å². The van der Waals surface area contributed by atoms with Crippen molar-refractivity contribution in [1.82, 2.24) is 0 Å². The summed E-state index contributed by atoms with van der Waals surface area (Å²) in [4.78, 5) is 2.40. The molecule has 0 spiro atoms. The van der Waals surface area contributed by atoms with Crippen LogP contribution < -0.4 is 4.90 Å². The highest BCUT2D eigenvalue weighted by atomic mass is 32.1. The van der Waals surface area contributed by atoms with Gasteiger partial charge in [-0.3, -0.25) is 0 Å². The molecular weight excluding hydrogens is 727 g/mol. The van der Waals surface area contributed by atoms with Gasteiger partial charge in [0.1, 0.15) is 22.3 Å². The van der Waals surface area contributed by atoms with Crippen LogP contribution in [0.5, 0.6) is 0 Å². The number of rotatable bonds is 6. The zero-order chi connectivity index (χ0) is 38.2. The van der Waals surface area contributed by atoms with Gasteiger partial charge in [0.2, 0.25) is 0 Å². The van der Waals surface area contributed by atoms with Crippen molar-refractivity contribution in [1.29, 1.82) is 0 Å². The van der Waals surface area contributed by atoms with Crippen LogP contribution >= 0.6 is 11.3 Å². The van der Waals surface area contributed by atoms with Gasteiger partial charge in [-0.15, -0.1) is 11.3 Å². The summed E-state index contributed by atoms with van der Waals surface area (Å²) in [5.74, 6) is 0. The summed E-state index contributed by atoms with van der Waals surface area (Å²) < 4.78 is 15.5. The molecular formula is C54H33NO2S. The number of hydrogen-bond donors (Lipinski definition) is 0. The molecule has 0 aliphatic rings. The zero-order valence-electron chi connectivity index (χ0n) is 31.2. The Hall–Kier alpha value is -7.40. The monoisotopic (exact) mass is 759 g/mol. The van der Waals surface area contributed by atoms with Crippen LogP contribution in [0.4, 0.5) is 17.1 Å². The van der Waals surface area contributed by atoms with E-state index in [-0.39, 0.29) is 0 Å². The summed E-state index contributed by atoms with van der Waals surface area (Å²) in [6.45, 7) is 0. The number of para-hydroxylation sites is 5. The topological polar surface area (TPSA) is 29.5 Å². The molecule has 272 valence electrons. The van der Waals surface area contributed by atoms with Crippen molar-refractivity contribution in [2.45, 2.75) is 0 Å². The van der Waals surface area contributed by atoms with Crippen LogP contribution in [0, 0.1) is 0 Å². The Morgan fingerprint density at radius 2 is 0.862 bits per heavy atom. The van der Waals surface area contributed by atoms with Crippen molar-refractivity contribution in [2.24, 2.45) is 0 Å². The van der Waals surface area contributed by atoms with Gasteiger partial charge in [-0.2, -0.15) is 0 Å². The Labute approximate surface area is 338 Å². The summed E-state index contributed by atoms with van der Waals surface area (Å²) in [6.07, 6.45) is 0. The lowest BCUT2D eigenvalue weighted by atomic mass is 9.92. The highest BCUT2D eigenvalue weighted by Crippen LogP contribution is 2.50. The molecule has 3 aromatic heterocycles. The van der Waals surface area contributed by atoms with Crippen LogP contribution in [-0.2, 0) is 0 Å². The predicted molar refractivity (Wildman–Crippen MR) is 245 cm³/mol. The fraction of sp³-hybridized carbons (Fsp3) is 0. The summed E-state index contributed by atoms with van der Waals surface area (Å²) in [5, 5.41) is 7.00. The number of benzene rings is 9. The number of nitrogens with zero attached hydrogens (tertiary/aromatic N) is 1. The molecule has 4 heteroatoms. The van der Waals surface area contributed by atoms with Crippen LogP contribution in [0.25, 0.3) is 97.4 Å². The maximum Gasteiger partial charge on any atom is 0.143 e. The Kier molecular flexibility index (Phi) is 7.40. The van der Waals surface area contributed by atoms with Gasteiger partial charge in [0.05, 0.1) is 5.69 Å². The van der Waals surface area contributed by atoms with Crippen LogP contribution in [0.3, 0.4) is 0 Å². The van der Waals surface area contributed by atoms with Crippen molar-refractivity contribution in [3.8, 4) is 33.4 Å². The van der Waals surface area contributed by atoms with E-state index in [9.17, 15) is 0 Å². The first-order chi connectivity index (χ1) is 28.8. The van der Waals surface area contributed by atoms with Crippen molar-refractivity contribution in [2.75, 3.05) is 4.90 Å². The van der Waals surface area contributed by atoms with Crippen LogP contribution in [0.15, 0.2) is 209 Å². The average Bonchev–Trinajstić information content (AvgIpc) is 3.99. The number of furan rings is 2. The fourth-order valence-electron chi connectivity index (χ4n) is 8.89. The number of hydrogen-bond acceptors (Lipinski definition) is 4. The lowest BCUT2D eigenvalue weighted by molar-refractivity contribution is 0.669. The molecule has 0 saturated heterocycles. The number of thiophene rings is 1. The third kappa shape index (κ3) is 5.05. The number of anilines is 3. The highest BCUT2D eigenvalue weighted by molar-refractivity contribution is 7.26. The third-order valence-electron chi connectivity index (χ3n) is 11.5. The standard InChI is InChI=1S/C54H33NO2S/c1-2-14-35(15-3-1)55(36-30-28-34(29-31-36)37-21-12-23-43-40-18-6-9-25-48(40)56-52(37)43)47-33-32-45(54-51(47)46-20-8-11-27-50(46)58-54)39-17-5-4-16-38(39)42-22-13-24-44-41-19-7-10-26-49(41)57-53(42)44/h1-33H. The third-order valence-corrected chi connectivity index (χ3v) is 12.7. The van der Waals surface area contributed by atoms with Crippen LogP contribution in [0.2, 0.25) is 0 Å². The highest BCUT2D eigenvalue weighted by Gasteiger charge is 2.23. The molecule has 3 heterocycles. The van der Waals surface area contributed by atoms with Gasteiger partial charge in [-0.1, -0.05) is 152 Å². The van der Waals surface area contributed by atoms with E-state index in [1.54, 1.807) is 0 Å². The summed E-state index contributed by atoms with van der Waals surface area (Å²) in [5.41, 5.74) is 13.7. The Bertz CT molecular complexity index is 3520. The number of fused-ring (bicyclic) bond motifs is 9. The SMILES string of the molecule is c1ccc(N(c2ccc(-c3cccc4c3oc3ccccc34)cc2)c2ccc(-c3ccccc3-c3cccc4c3oc3ccccc34)c3sc4ccccc4c23)cc1. The summed E-state index contributed by atoms with van der Waals surface area (Å²) in [6, 6.07) is 71.3. The molecule has 0 aliphatic heterocycles. The van der Waals surface area contributed by atoms with E-state index in [1.165, 1.54) is 31.3 Å². The predicted octanol–water partition coefficient (Wildman–Crippen LogP) is 16.3. The van der Waals surface area contributed by atoms with Crippen molar-refractivity contribution in [3.05, 3.63) is 200 Å². The Morgan fingerprint density at radius 3 is 1.57 bits per heavy atom. The van der Waals surface area contributed by atoms with Gasteiger partial charge in [-0.25, -0.2) is 0 Å². The molecule has 3 nitrogen and oxygen atoms in total. The lowest BCUT2D eigenvalue weighted by Crippen LogP contribution is -2.10. The normalized spacial score (nSPS) is 11.8. The molecule has 12 aromatic rings. The van der Waals surface area contributed by atoms with E-state index < -0.39 is 0 Å². The molecule has 12 rings (SSSR count). The molecule has 0 aliphatic carbocycles. The van der Waals surface area contributed by atoms with Gasteiger partial charge < -0.3 is 13.7 Å². The van der Waals surface area contributed by atoms with Crippen molar-refractivity contribution < 1.29 is 8.83 Å². The first-order valence-corrected chi connectivity index (χ1v) is 20.4. The summed E-state index contributed by atoms with van der Waals surface area (Å²) >= 11 is 1.86. The first-order valence-electron chi connectivity index (χ1n) is 19.6. The second-order valence-corrected chi connectivity index (χ2v) is 15.8. The van der Waals surface area contributed by atoms with E-state index in [4.69, 9.17) is 8.83 Å². The van der Waals surface area contributed by atoms with Crippen molar-refractivity contribution in [3.63, 3.8) is 0 Å². The van der Waals surface area contributed by atoms with Crippen molar-refractivity contribution >= 4 is 92.4 Å². The molecule has 9 aromatic carbocycles. The zero-order valence-corrected chi connectivity index (χ0v) is 32.0. The van der Waals surface area contributed by atoms with E-state index in [2.05, 4.69) is 187 Å². The summed E-state index contributed by atoms with van der Waals surface area (Å²) in [7, 11) is 0. The molecule has 58 heavy (non-hydrogen) atoms. The maximum atomic E-state index is 6.58. The average molecular weight is 760 g/mol.